The molecule has 0 bridgehead atoms. The number of hydrogen-bond donors (Lipinski definition) is 1. The average Bonchev–Trinajstić information content (AvgIpc) is 3.13. The Morgan fingerprint density at radius 2 is 1.92 bits per heavy atom. The minimum absolute atomic E-state index is 0.397. The van der Waals surface area contributed by atoms with Crippen LogP contribution >= 0.6 is 22.9 Å². The van der Waals surface area contributed by atoms with E-state index in [9.17, 15) is 5.26 Å². The number of nitrogens with zero attached hydrogens (tertiary/aromatic N) is 2. The Hall–Kier alpha value is -2.61. The summed E-state index contributed by atoms with van der Waals surface area (Å²) < 4.78 is 0. The maximum absolute atomic E-state index is 9.54. The van der Waals surface area contributed by atoms with Crippen LogP contribution in [0.2, 0.25) is 5.02 Å². The van der Waals surface area contributed by atoms with Crippen molar-refractivity contribution in [2.45, 2.75) is 19.8 Å². The molecule has 130 valence electrons. The lowest BCUT2D eigenvalue weighted by Gasteiger charge is -2.12. The number of aromatic nitrogens is 1. The zero-order valence-corrected chi connectivity index (χ0v) is 16.1. The molecule has 0 atom stereocenters. The molecule has 0 aliphatic heterocycles. The molecule has 0 saturated carbocycles. The summed E-state index contributed by atoms with van der Waals surface area (Å²) >= 11 is 7.39. The van der Waals surface area contributed by atoms with Crippen molar-refractivity contribution in [1.82, 2.24) is 4.98 Å². The fraction of sp³-hybridized carbons (Fsp3) is 0.143. The van der Waals surface area contributed by atoms with Crippen LogP contribution in [-0.4, -0.2) is 4.98 Å². The van der Waals surface area contributed by atoms with Gasteiger partial charge in [-0.15, -0.1) is 11.3 Å². The summed E-state index contributed by atoms with van der Waals surface area (Å²) in [5.74, 6) is 0.397. The van der Waals surface area contributed by atoms with Gasteiger partial charge in [0.05, 0.1) is 5.69 Å². The minimum Gasteiger partial charge on any atom is -0.360 e. The number of anilines is 1. The molecule has 0 fully saturated rings. The third kappa shape index (κ3) is 4.13. The van der Waals surface area contributed by atoms with E-state index in [4.69, 9.17) is 11.6 Å². The number of para-hydroxylation sites is 1. The summed E-state index contributed by atoms with van der Waals surface area (Å²) in [6.45, 7) is 4.29. The lowest BCUT2D eigenvalue weighted by Crippen LogP contribution is -1.97. The molecule has 0 saturated heterocycles. The highest BCUT2D eigenvalue weighted by atomic mass is 35.5. The standard InChI is InChI=1S/C21H18ClN3S/c1-14(2)18-5-3-4-6-19(18)24-12-16(11-23)21-25-20(13-26-21)15-7-9-17(22)10-8-15/h3-10,12-14,24H,1-2H3/b16-12+. The summed E-state index contributed by atoms with van der Waals surface area (Å²) in [6.07, 6.45) is 1.73. The Balaban J connectivity index is 1.85. The highest BCUT2D eigenvalue weighted by Crippen LogP contribution is 2.28. The number of halogens is 1. The van der Waals surface area contributed by atoms with Crippen LogP contribution in [0.25, 0.3) is 16.8 Å². The maximum Gasteiger partial charge on any atom is 0.136 e. The van der Waals surface area contributed by atoms with Crippen LogP contribution in [0.4, 0.5) is 5.69 Å². The van der Waals surface area contributed by atoms with E-state index in [0.717, 1.165) is 16.9 Å². The van der Waals surface area contributed by atoms with E-state index in [0.29, 0.717) is 21.5 Å². The second-order valence-corrected chi connectivity index (χ2v) is 7.40. The van der Waals surface area contributed by atoms with Gasteiger partial charge in [-0.3, -0.25) is 0 Å². The van der Waals surface area contributed by atoms with Gasteiger partial charge in [-0.1, -0.05) is 55.8 Å². The van der Waals surface area contributed by atoms with E-state index < -0.39 is 0 Å². The monoisotopic (exact) mass is 379 g/mol. The largest absolute Gasteiger partial charge is 0.360 e. The molecule has 2 aromatic carbocycles. The highest BCUT2D eigenvalue weighted by Gasteiger charge is 2.10. The van der Waals surface area contributed by atoms with Crippen molar-refractivity contribution < 1.29 is 0 Å². The zero-order chi connectivity index (χ0) is 18.5. The molecular formula is C21H18ClN3S. The lowest BCUT2D eigenvalue weighted by atomic mass is 10.0. The van der Waals surface area contributed by atoms with Gasteiger partial charge < -0.3 is 5.32 Å². The molecule has 3 nitrogen and oxygen atoms in total. The van der Waals surface area contributed by atoms with Crippen LogP contribution in [0.15, 0.2) is 60.1 Å². The molecular weight excluding hydrogens is 362 g/mol. The predicted molar refractivity (Wildman–Crippen MR) is 110 cm³/mol. The number of allylic oxidation sites excluding steroid dienone is 1. The van der Waals surface area contributed by atoms with Crippen LogP contribution in [0.5, 0.6) is 0 Å². The van der Waals surface area contributed by atoms with Gasteiger partial charge in [0.1, 0.15) is 16.6 Å². The first-order valence-electron chi connectivity index (χ1n) is 8.26. The second-order valence-electron chi connectivity index (χ2n) is 6.10. The van der Waals surface area contributed by atoms with E-state index in [-0.39, 0.29) is 0 Å². The Morgan fingerprint density at radius 1 is 1.19 bits per heavy atom. The normalized spacial score (nSPS) is 11.4. The SMILES string of the molecule is CC(C)c1ccccc1N/C=C(\C#N)c1nc(-c2ccc(Cl)cc2)cs1. The van der Waals surface area contributed by atoms with Gasteiger partial charge in [0, 0.05) is 27.9 Å². The van der Waals surface area contributed by atoms with Crippen molar-refractivity contribution in [3.63, 3.8) is 0 Å². The van der Waals surface area contributed by atoms with Crippen molar-refractivity contribution in [2.24, 2.45) is 0 Å². The number of benzene rings is 2. The fourth-order valence-electron chi connectivity index (χ4n) is 2.57. The van der Waals surface area contributed by atoms with Crippen molar-refractivity contribution >= 4 is 34.2 Å². The molecule has 0 aliphatic carbocycles. The molecule has 3 aromatic rings. The second kappa shape index (κ2) is 8.18. The molecule has 1 aromatic heterocycles. The molecule has 1 heterocycles. The van der Waals surface area contributed by atoms with Crippen LogP contribution in [0.1, 0.15) is 30.3 Å². The Morgan fingerprint density at radius 3 is 2.62 bits per heavy atom. The molecule has 3 rings (SSSR count). The van der Waals surface area contributed by atoms with Gasteiger partial charge >= 0.3 is 0 Å². The van der Waals surface area contributed by atoms with E-state index >= 15 is 0 Å². The Bertz CT molecular complexity index is 965. The van der Waals surface area contributed by atoms with Gasteiger partial charge in [0.2, 0.25) is 0 Å². The van der Waals surface area contributed by atoms with Crippen LogP contribution in [0.3, 0.4) is 0 Å². The number of rotatable bonds is 5. The summed E-state index contributed by atoms with van der Waals surface area (Å²) in [5.41, 5.74) is 4.54. The van der Waals surface area contributed by atoms with Gasteiger partial charge in [0.15, 0.2) is 0 Å². The number of nitrogens with one attached hydrogen (secondary N) is 1. The first kappa shape index (κ1) is 18.2. The van der Waals surface area contributed by atoms with E-state index in [1.165, 1.54) is 16.9 Å². The molecule has 0 unspecified atom stereocenters. The van der Waals surface area contributed by atoms with Crippen molar-refractivity contribution in [3.05, 3.63) is 75.7 Å². The van der Waals surface area contributed by atoms with E-state index in [1.807, 2.05) is 47.8 Å². The third-order valence-corrected chi connectivity index (χ3v) is 5.08. The van der Waals surface area contributed by atoms with Crippen LogP contribution < -0.4 is 5.32 Å². The summed E-state index contributed by atoms with van der Waals surface area (Å²) in [7, 11) is 0. The molecule has 0 spiro atoms. The summed E-state index contributed by atoms with van der Waals surface area (Å²) in [6, 6.07) is 17.9. The quantitative estimate of drug-likeness (QED) is 0.510. The van der Waals surface area contributed by atoms with Crippen LogP contribution in [-0.2, 0) is 0 Å². The Labute approximate surface area is 162 Å². The molecule has 26 heavy (non-hydrogen) atoms. The first-order valence-corrected chi connectivity index (χ1v) is 9.52. The van der Waals surface area contributed by atoms with Gasteiger partial charge in [-0.25, -0.2) is 4.98 Å². The van der Waals surface area contributed by atoms with Gasteiger partial charge in [0.25, 0.3) is 0 Å². The lowest BCUT2D eigenvalue weighted by molar-refractivity contribution is 0.869. The van der Waals surface area contributed by atoms with E-state index in [2.05, 4.69) is 36.3 Å². The molecule has 0 amide bonds. The third-order valence-electron chi connectivity index (χ3n) is 3.95. The first-order chi connectivity index (χ1) is 12.6. The number of thiazole rings is 1. The maximum atomic E-state index is 9.54. The predicted octanol–water partition coefficient (Wildman–Crippen LogP) is 6.56. The smallest absolute Gasteiger partial charge is 0.136 e. The van der Waals surface area contributed by atoms with Gasteiger partial charge in [-0.2, -0.15) is 5.26 Å². The van der Waals surface area contributed by atoms with E-state index in [1.54, 1.807) is 6.20 Å². The summed E-state index contributed by atoms with van der Waals surface area (Å²) in [5, 5.41) is 16.1. The van der Waals surface area contributed by atoms with Crippen molar-refractivity contribution in [3.8, 4) is 17.3 Å². The number of nitriles is 1. The minimum atomic E-state index is 0.397. The average molecular weight is 380 g/mol. The van der Waals surface area contributed by atoms with Crippen molar-refractivity contribution in [1.29, 1.82) is 5.26 Å². The van der Waals surface area contributed by atoms with Crippen LogP contribution in [0, 0.1) is 11.3 Å². The van der Waals surface area contributed by atoms with Gasteiger partial charge in [-0.05, 0) is 29.7 Å². The molecule has 0 aliphatic rings. The summed E-state index contributed by atoms with van der Waals surface area (Å²) in [4.78, 5) is 4.60. The zero-order valence-electron chi connectivity index (χ0n) is 14.5. The fourth-order valence-corrected chi connectivity index (χ4v) is 3.49. The highest BCUT2D eigenvalue weighted by molar-refractivity contribution is 7.11. The molecule has 1 N–H and O–H groups in total. The molecule has 5 heteroatoms. The van der Waals surface area contributed by atoms with Crippen molar-refractivity contribution in [2.75, 3.05) is 5.32 Å². The Kier molecular flexibility index (Phi) is 5.72. The topological polar surface area (TPSA) is 48.7 Å². The molecule has 0 radical (unpaired) electrons. The number of hydrogen-bond acceptors (Lipinski definition) is 4.